The van der Waals surface area contributed by atoms with Crippen molar-refractivity contribution in [3.63, 3.8) is 0 Å². The number of ether oxygens (including phenoxy) is 1. The third-order valence-electron chi connectivity index (χ3n) is 3.11. The summed E-state index contributed by atoms with van der Waals surface area (Å²) in [6.45, 7) is 1.87. The van der Waals surface area contributed by atoms with Gasteiger partial charge < -0.3 is 10.1 Å². The van der Waals surface area contributed by atoms with Crippen LogP contribution in [0.4, 0.5) is 14.5 Å². The fourth-order valence-electron chi connectivity index (χ4n) is 2.03. The van der Waals surface area contributed by atoms with Gasteiger partial charge in [0.15, 0.2) is 0 Å². The molecule has 0 heterocycles. The lowest BCUT2D eigenvalue weighted by Crippen LogP contribution is -2.11. The highest BCUT2D eigenvalue weighted by atomic mass is 19.1. The van der Waals surface area contributed by atoms with Gasteiger partial charge in [-0.15, -0.1) is 0 Å². The Morgan fingerprint density at radius 1 is 1.14 bits per heavy atom. The second kappa shape index (κ2) is 6.35. The van der Waals surface area contributed by atoms with Gasteiger partial charge >= 0.3 is 5.97 Å². The van der Waals surface area contributed by atoms with Crippen LogP contribution in [0.15, 0.2) is 42.5 Å². The first-order valence-electron chi connectivity index (χ1n) is 6.41. The molecule has 2 aromatic rings. The highest BCUT2D eigenvalue weighted by Crippen LogP contribution is 2.23. The number of hydrogen-bond acceptors (Lipinski definition) is 3. The Morgan fingerprint density at radius 3 is 2.24 bits per heavy atom. The zero-order valence-corrected chi connectivity index (χ0v) is 11.7. The normalized spacial score (nSPS) is 11.8. The molecule has 0 saturated heterocycles. The summed E-state index contributed by atoms with van der Waals surface area (Å²) in [4.78, 5) is 11.3. The van der Waals surface area contributed by atoms with Crippen molar-refractivity contribution in [3.8, 4) is 0 Å². The van der Waals surface area contributed by atoms with Crippen molar-refractivity contribution >= 4 is 11.7 Å². The number of rotatable bonds is 4. The lowest BCUT2D eigenvalue weighted by atomic mass is 10.1. The van der Waals surface area contributed by atoms with E-state index in [1.165, 1.54) is 0 Å². The number of benzene rings is 2. The van der Waals surface area contributed by atoms with Gasteiger partial charge in [-0.3, -0.25) is 0 Å². The van der Waals surface area contributed by atoms with Crippen molar-refractivity contribution in [3.05, 3.63) is 65.2 Å². The highest BCUT2D eigenvalue weighted by molar-refractivity contribution is 5.90. The minimum atomic E-state index is -1.03. The Labute approximate surface area is 121 Å². The van der Waals surface area contributed by atoms with E-state index in [0.717, 1.165) is 24.8 Å². The zero-order valence-electron chi connectivity index (χ0n) is 11.7. The Hall–Kier alpha value is -2.43. The Balaban J connectivity index is 2.24. The smallest absolute Gasteiger partial charge is 0.343 e. The van der Waals surface area contributed by atoms with Crippen LogP contribution in [0.25, 0.3) is 0 Å². The first-order valence-corrected chi connectivity index (χ1v) is 6.41. The SMILES string of the molecule is COC(=O)c1c(F)cc(N[C@@H](C)c2ccccc2)cc1F. The van der Waals surface area contributed by atoms with Crippen molar-refractivity contribution in [2.75, 3.05) is 12.4 Å². The zero-order chi connectivity index (χ0) is 15.4. The summed E-state index contributed by atoms with van der Waals surface area (Å²) >= 11 is 0. The van der Waals surface area contributed by atoms with Crippen LogP contribution in [-0.2, 0) is 4.74 Å². The van der Waals surface area contributed by atoms with Crippen LogP contribution in [0.3, 0.4) is 0 Å². The van der Waals surface area contributed by atoms with Gasteiger partial charge in [0.2, 0.25) is 0 Å². The number of esters is 1. The maximum atomic E-state index is 13.8. The highest BCUT2D eigenvalue weighted by Gasteiger charge is 2.19. The molecule has 0 bridgehead atoms. The van der Waals surface area contributed by atoms with E-state index >= 15 is 0 Å². The molecule has 5 heteroatoms. The second-order valence-electron chi connectivity index (χ2n) is 4.58. The molecule has 21 heavy (non-hydrogen) atoms. The number of nitrogens with one attached hydrogen (secondary N) is 1. The van der Waals surface area contributed by atoms with Gasteiger partial charge in [0.05, 0.1) is 7.11 Å². The van der Waals surface area contributed by atoms with E-state index in [1.807, 2.05) is 37.3 Å². The van der Waals surface area contributed by atoms with Crippen molar-refractivity contribution in [1.82, 2.24) is 0 Å². The Bertz CT molecular complexity index is 621. The fourth-order valence-corrected chi connectivity index (χ4v) is 2.03. The van der Waals surface area contributed by atoms with Crippen molar-refractivity contribution < 1.29 is 18.3 Å². The maximum Gasteiger partial charge on any atom is 0.343 e. The van der Waals surface area contributed by atoms with Crippen LogP contribution in [-0.4, -0.2) is 13.1 Å². The Kier molecular flexibility index (Phi) is 4.52. The number of anilines is 1. The maximum absolute atomic E-state index is 13.8. The number of methoxy groups -OCH3 is 1. The van der Waals surface area contributed by atoms with E-state index in [4.69, 9.17) is 0 Å². The van der Waals surface area contributed by atoms with E-state index in [0.29, 0.717) is 0 Å². The molecule has 0 aliphatic rings. The third kappa shape index (κ3) is 3.37. The van der Waals surface area contributed by atoms with Crippen molar-refractivity contribution in [1.29, 1.82) is 0 Å². The van der Waals surface area contributed by atoms with Crippen LogP contribution in [0, 0.1) is 11.6 Å². The van der Waals surface area contributed by atoms with Crippen LogP contribution in [0.1, 0.15) is 28.9 Å². The summed E-state index contributed by atoms with van der Waals surface area (Å²) in [7, 11) is 1.07. The summed E-state index contributed by atoms with van der Waals surface area (Å²) in [5.41, 5.74) is 0.555. The van der Waals surface area contributed by atoms with Crippen LogP contribution in [0.5, 0.6) is 0 Å². The third-order valence-corrected chi connectivity index (χ3v) is 3.11. The molecule has 0 aromatic heterocycles. The first kappa shape index (κ1) is 15.0. The molecule has 0 aliphatic heterocycles. The molecule has 2 aromatic carbocycles. The summed E-state index contributed by atoms with van der Waals surface area (Å²) in [5.74, 6) is -2.94. The standard InChI is InChI=1S/C16H15F2NO2/c1-10(11-6-4-3-5-7-11)19-12-8-13(17)15(14(18)9-12)16(20)21-2/h3-10,19H,1-2H3/t10-/m0/s1. The number of carbonyl (C=O) groups excluding carboxylic acids is 1. The average Bonchev–Trinajstić information content (AvgIpc) is 2.47. The van der Waals surface area contributed by atoms with Crippen molar-refractivity contribution in [2.45, 2.75) is 13.0 Å². The number of carbonyl (C=O) groups is 1. The topological polar surface area (TPSA) is 38.3 Å². The molecule has 2 rings (SSSR count). The van der Waals surface area contributed by atoms with Crippen LogP contribution >= 0.6 is 0 Å². The number of hydrogen-bond donors (Lipinski definition) is 1. The Morgan fingerprint density at radius 2 is 1.71 bits per heavy atom. The van der Waals surface area contributed by atoms with Gasteiger partial charge in [0.1, 0.15) is 17.2 Å². The first-order chi connectivity index (χ1) is 10.0. The minimum absolute atomic E-state index is 0.131. The van der Waals surface area contributed by atoms with Gasteiger partial charge in [0, 0.05) is 11.7 Å². The molecule has 110 valence electrons. The van der Waals surface area contributed by atoms with Gasteiger partial charge in [-0.2, -0.15) is 0 Å². The van der Waals surface area contributed by atoms with Gasteiger partial charge in [-0.05, 0) is 24.6 Å². The monoisotopic (exact) mass is 291 g/mol. The van der Waals surface area contributed by atoms with E-state index < -0.39 is 23.2 Å². The molecule has 1 N–H and O–H groups in total. The lowest BCUT2D eigenvalue weighted by Gasteiger charge is -2.16. The molecule has 0 spiro atoms. The summed E-state index contributed by atoms with van der Waals surface area (Å²) in [5, 5.41) is 2.99. The van der Waals surface area contributed by atoms with Crippen LogP contribution in [0.2, 0.25) is 0 Å². The molecule has 0 saturated carbocycles. The predicted octanol–water partition coefficient (Wildman–Crippen LogP) is 3.92. The molecular formula is C16H15F2NO2. The predicted molar refractivity (Wildman–Crippen MR) is 76.2 cm³/mol. The van der Waals surface area contributed by atoms with E-state index in [1.54, 1.807) is 0 Å². The summed E-state index contributed by atoms with van der Waals surface area (Å²) < 4.78 is 32.0. The van der Waals surface area contributed by atoms with Crippen LogP contribution < -0.4 is 5.32 Å². The van der Waals surface area contributed by atoms with Gasteiger partial charge in [0.25, 0.3) is 0 Å². The molecule has 3 nitrogen and oxygen atoms in total. The second-order valence-corrected chi connectivity index (χ2v) is 4.58. The fraction of sp³-hybridized carbons (Fsp3) is 0.188. The molecule has 0 unspecified atom stereocenters. The minimum Gasteiger partial charge on any atom is -0.465 e. The summed E-state index contributed by atoms with van der Waals surface area (Å²) in [6, 6.07) is 11.5. The van der Waals surface area contributed by atoms with E-state index in [9.17, 15) is 13.6 Å². The molecule has 0 radical (unpaired) electrons. The molecule has 0 aliphatic carbocycles. The van der Waals surface area contributed by atoms with E-state index in [-0.39, 0.29) is 11.7 Å². The largest absolute Gasteiger partial charge is 0.465 e. The van der Waals surface area contributed by atoms with Gasteiger partial charge in [-0.25, -0.2) is 13.6 Å². The molecule has 1 atom stereocenters. The number of halogens is 2. The summed E-state index contributed by atoms with van der Waals surface area (Å²) in [6.07, 6.45) is 0. The lowest BCUT2D eigenvalue weighted by molar-refractivity contribution is 0.0590. The van der Waals surface area contributed by atoms with E-state index in [2.05, 4.69) is 10.1 Å². The van der Waals surface area contributed by atoms with Gasteiger partial charge in [-0.1, -0.05) is 30.3 Å². The molecule has 0 amide bonds. The quantitative estimate of drug-likeness (QED) is 0.868. The average molecular weight is 291 g/mol. The molecule has 0 fully saturated rings. The molecular weight excluding hydrogens is 276 g/mol. The van der Waals surface area contributed by atoms with Crippen molar-refractivity contribution in [2.24, 2.45) is 0 Å².